The van der Waals surface area contributed by atoms with Crippen LogP contribution in [0.1, 0.15) is 35.5 Å². The van der Waals surface area contributed by atoms with Crippen LogP contribution in [0.25, 0.3) is 0 Å². The smallest absolute Gasteiger partial charge is 0.137 e. The summed E-state index contributed by atoms with van der Waals surface area (Å²) in [5, 5.41) is 8.87. The fraction of sp³-hybridized carbons (Fsp3) is 0.333. The standard InChI is InChI=1S/C15H18ClN3O/c1-4-13-11(7-9(2)18-19-13)15(17)10-5-6-12(16)14(8-10)20-3/h5-8,15H,4,17H2,1-3H3. The molecular weight excluding hydrogens is 274 g/mol. The minimum atomic E-state index is -0.273. The quantitative estimate of drug-likeness (QED) is 0.940. The molecule has 1 aromatic heterocycles. The maximum atomic E-state index is 6.37. The molecule has 0 aliphatic carbocycles. The van der Waals surface area contributed by atoms with Crippen LogP contribution >= 0.6 is 11.6 Å². The predicted molar refractivity (Wildman–Crippen MR) is 80.2 cm³/mol. The largest absolute Gasteiger partial charge is 0.495 e. The molecule has 2 N–H and O–H groups in total. The molecule has 4 nitrogen and oxygen atoms in total. The van der Waals surface area contributed by atoms with Crippen molar-refractivity contribution in [3.8, 4) is 5.75 Å². The zero-order valence-electron chi connectivity index (χ0n) is 11.9. The number of nitrogens with zero attached hydrogens (tertiary/aromatic N) is 2. The third-order valence-corrected chi connectivity index (χ3v) is 3.54. The average Bonchev–Trinajstić information content (AvgIpc) is 2.47. The van der Waals surface area contributed by atoms with E-state index < -0.39 is 0 Å². The summed E-state index contributed by atoms with van der Waals surface area (Å²) in [5.41, 5.74) is 10.1. The molecule has 0 bridgehead atoms. The lowest BCUT2D eigenvalue weighted by atomic mass is 9.97. The Hall–Kier alpha value is -1.65. The average molecular weight is 292 g/mol. The summed E-state index contributed by atoms with van der Waals surface area (Å²) in [4.78, 5) is 0. The van der Waals surface area contributed by atoms with Crippen LogP contribution in [-0.2, 0) is 6.42 Å². The molecule has 5 heteroatoms. The molecular formula is C15H18ClN3O. The number of rotatable bonds is 4. The van der Waals surface area contributed by atoms with Gasteiger partial charge in [0.15, 0.2) is 0 Å². The van der Waals surface area contributed by atoms with Gasteiger partial charge in [0, 0.05) is 0 Å². The van der Waals surface area contributed by atoms with Crippen molar-refractivity contribution in [2.75, 3.05) is 7.11 Å². The van der Waals surface area contributed by atoms with Crippen molar-refractivity contribution in [2.24, 2.45) is 5.73 Å². The normalized spacial score (nSPS) is 12.2. The minimum absolute atomic E-state index is 0.273. The van der Waals surface area contributed by atoms with Crippen LogP contribution in [0.5, 0.6) is 5.75 Å². The Balaban J connectivity index is 2.45. The summed E-state index contributed by atoms with van der Waals surface area (Å²) in [5.74, 6) is 0.622. The van der Waals surface area contributed by atoms with Gasteiger partial charge in [0.2, 0.25) is 0 Å². The summed E-state index contributed by atoms with van der Waals surface area (Å²) < 4.78 is 5.24. The van der Waals surface area contributed by atoms with Crippen LogP contribution in [0.2, 0.25) is 5.02 Å². The monoisotopic (exact) mass is 291 g/mol. The van der Waals surface area contributed by atoms with Gasteiger partial charge in [-0.05, 0) is 42.7 Å². The first-order valence-electron chi connectivity index (χ1n) is 6.49. The van der Waals surface area contributed by atoms with Crippen molar-refractivity contribution in [1.29, 1.82) is 0 Å². The maximum absolute atomic E-state index is 6.37. The van der Waals surface area contributed by atoms with Crippen molar-refractivity contribution in [3.05, 3.63) is 51.8 Å². The molecule has 0 radical (unpaired) electrons. The Bertz CT molecular complexity index is 616. The zero-order chi connectivity index (χ0) is 14.7. The number of benzene rings is 1. The van der Waals surface area contributed by atoms with Gasteiger partial charge in [0.25, 0.3) is 0 Å². The van der Waals surface area contributed by atoms with E-state index >= 15 is 0 Å². The Morgan fingerprint density at radius 2 is 2.05 bits per heavy atom. The number of methoxy groups -OCH3 is 1. The predicted octanol–water partition coefficient (Wildman–Crippen LogP) is 3.06. The van der Waals surface area contributed by atoms with E-state index in [-0.39, 0.29) is 6.04 Å². The fourth-order valence-corrected chi connectivity index (χ4v) is 2.32. The van der Waals surface area contributed by atoms with Gasteiger partial charge in [0.1, 0.15) is 5.75 Å². The third-order valence-electron chi connectivity index (χ3n) is 3.23. The van der Waals surface area contributed by atoms with Crippen LogP contribution < -0.4 is 10.5 Å². The number of aromatic nitrogens is 2. The van der Waals surface area contributed by atoms with Crippen molar-refractivity contribution in [3.63, 3.8) is 0 Å². The number of ether oxygens (including phenoxy) is 1. The molecule has 1 aromatic carbocycles. The summed E-state index contributed by atoms with van der Waals surface area (Å²) >= 11 is 6.04. The molecule has 1 unspecified atom stereocenters. The molecule has 2 rings (SSSR count). The van der Waals surface area contributed by atoms with E-state index in [0.29, 0.717) is 10.8 Å². The van der Waals surface area contributed by atoms with Gasteiger partial charge >= 0.3 is 0 Å². The van der Waals surface area contributed by atoms with Crippen molar-refractivity contribution in [1.82, 2.24) is 10.2 Å². The van der Waals surface area contributed by atoms with E-state index in [1.807, 2.05) is 32.0 Å². The number of aryl methyl sites for hydroxylation is 2. The van der Waals surface area contributed by atoms with E-state index in [4.69, 9.17) is 22.1 Å². The van der Waals surface area contributed by atoms with Crippen LogP contribution in [0.4, 0.5) is 0 Å². The molecule has 0 saturated carbocycles. The maximum Gasteiger partial charge on any atom is 0.137 e. The van der Waals surface area contributed by atoms with Crippen molar-refractivity contribution >= 4 is 11.6 Å². The first-order valence-corrected chi connectivity index (χ1v) is 6.86. The molecule has 0 fully saturated rings. The van der Waals surface area contributed by atoms with Gasteiger partial charge in [-0.25, -0.2) is 0 Å². The van der Waals surface area contributed by atoms with Gasteiger partial charge in [-0.15, -0.1) is 0 Å². The topological polar surface area (TPSA) is 61.0 Å². The molecule has 0 spiro atoms. The summed E-state index contributed by atoms with van der Waals surface area (Å²) in [6, 6.07) is 7.28. The summed E-state index contributed by atoms with van der Waals surface area (Å²) in [6.07, 6.45) is 0.793. The second kappa shape index (κ2) is 6.20. The number of nitrogens with two attached hydrogens (primary N) is 1. The highest BCUT2D eigenvalue weighted by atomic mass is 35.5. The first kappa shape index (κ1) is 14.8. The van der Waals surface area contributed by atoms with Crippen molar-refractivity contribution in [2.45, 2.75) is 26.3 Å². The highest BCUT2D eigenvalue weighted by Crippen LogP contribution is 2.30. The second-order valence-corrected chi connectivity index (χ2v) is 5.02. The molecule has 1 atom stereocenters. The SMILES string of the molecule is CCc1nnc(C)cc1C(N)c1ccc(Cl)c(OC)c1. The van der Waals surface area contributed by atoms with Gasteiger partial charge in [-0.3, -0.25) is 0 Å². The van der Waals surface area contributed by atoms with Crippen LogP contribution in [0.3, 0.4) is 0 Å². The van der Waals surface area contributed by atoms with Crippen molar-refractivity contribution < 1.29 is 4.74 Å². The highest BCUT2D eigenvalue weighted by molar-refractivity contribution is 6.32. The second-order valence-electron chi connectivity index (χ2n) is 4.61. The molecule has 1 heterocycles. The highest BCUT2D eigenvalue weighted by Gasteiger charge is 2.16. The Kier molecular flexibility index (Phi) is 4.57. The molecule has 0 amide bonds. The minimum Gasteiger partial charge on any atom is -0.495 e. The van der Waals surface area contributed by atoms with E-state index in [2.05, 4.69) is 10.2 Å². The lowest BCUT2D eigenvalue weighted by molar-refractivity contribution is 0.414. The van der Waals surface area contributed by atoms with E-state index in [1.165, 1.54) is 0 Å². The molecule has 0 aliphatic heterocycles. The fourth-order valence-electron chi connectivity index (χ4n) is 2.13. The zero-order valence-corrected chi connectivity index (χ0v) is 12.6. The molecule has 20 heavy (non-hydrogen) atoms. The Morgan fingerprint density at radius 1 is 1.30 bits per heavy atom. The molecule has 0 aliphatic rings. The Morgan fingerprint density at radius 3 is 2.70 bits per heavy atom. The molecule has 106 valence electrons. The lowest BCUT2D eigenvalue weighted by Crippen LogP contribution is -2.16. The number of hydrogen-bond acceptors (Lipinski definition) is 4. The third kappa shape index (κ3) is 2.92. The van der Waals surface area contributed by atoms with Crippen LogP contribution in [0.15, 0.2) is 24.3 Å². The van der Waals surface area contributed by atoms with Gasteiger partial charge in [-0.1, -0.05) is 24.6 Å². The van der Waals surface area contributed by atoms with E-state index in [9.17, 15) is 0 Å². The molecule has 2 aromatic rings. The van der Waals surface area contributed by atoms with E-state index in [0.717, 1.165) is 28.9 Å². The number of hydrogen-bond donors (Lipinski definition) is 1. The Labute approximate surface area is 123 Å². The molecule has 0 saturated heterocycles. The van der Waals surface area contributed by atoms with E-state index in [1.54, 1.807) is 13.2 Å². The summed E-state index contributed by atoms with van der Waals surface area (Å²) in [7, 11) is 1.59. The van der Waals surface area contributed by atoms with Gasteiger partial charge < -0.3 is 10.5 Å². The lowest BCUT2D eigenvalue weighted by Gasteiger charge is -2.17. The van der Waals surface area contributed by atoms with Crippen LogP contribution in [-0.4, -0.2) is 17.3 Å². The first-order chi connectivity index (χ1) is 9.56. The van der Waals surface area contributed by atoms with Gasteiger partial charge in [0.05, 0.1) is 29.6 Å². The van der Waals surface area contributed by atoms with Crippen LogP contribution in [0, 0.1) is 6.92 Å². The number of halogens is 1. The van der Waals surface area contributed by atoms with Gasteiger partial charge in [-0.2, -0.15) is 10.2 Å². The summed E-state index contributed by atoms with van der Waals surface area (Å²) in [6.45, 7) is 3.95.